The van der Waals surface area contributed by atoms with Crippen molar-refractivity contribution in [3.8, 4) is 11.1 Å². The van der Waals surface area contributed by atoms with E-state index in [0.717, 1.165) is 5.56 Å². The van der Waals surface area contributed by atoms with Crippen LogP contribution in [0.5, 0.6) is 0 Å². The molecule has 0 aliphatic heterocycles. The van der Waals surface area contributed by atoms with E-state index in [1.165, 1.54) is 36.9 Å². The van der Waals surface area contributed by atoms with Gasteiger partial charge in [-0.1, -0.05) is 93.2 Å². The molecular formula is C34H36O2S2. The molecule has 0 atom stereocenters. The zero-order valence-electron chi connectivity index (χ0n) is 22.8. The van der Waals surface area contributed by atoms with Gasteiger partial charge >= 0.3 is 5.97 Å². The average molecular weight is 541 g/mol. The number of carbonyl (C=O) groups is 1. The first-order valence-electron chi connectivity index (χ1n) is 13.0. The topological polar surface area (TPSA) is 37.3 Å². The third-order valence-electron chi connectivity index (χ3n) is 6.65. The zero-order chi connectivity index (χ0) is 27.3. The molecule has 0 fully saturated rings. The fourth-order valence-corrected chi connectivity index (χ4v) is 6.20. The molecule has 0 aliphatic rings. The molecule has 4 aromatic carbocycles. The summed E-state index contributed by atoms with van der Waals surface area (Å²) < 4.78 is -0.100. The lowest BCUT2D eigenvalue weighted by molar-refractivity contribution is -0.136. The molecule has 0 saturated carbocycles. The maximum Gasteiger partial charge on any atom is 0.303 e. The van der Waals surface area contributed by atoms with Crippen LogP contribution in [0.2, 0.25) is 0 Å². The fraction of sp³-hybridized carbons (Fsp3) is 0.265. The Bertz CT molecular complexity index is 1350. The van der Waals surface area contributed by atoms with Gasteiger partial charge in [0.15, 0.2) is 0 Å². The summed E-state index contributed by atoms with van der Waals surface area (Å²) in [5.41, 5.74) is 6.24. The molecular weight excluding hydrogens is 505 g/mol. The molecule has 0 spiro atoms. The van der Waals surface area contributed by atoms with E-state index < -0.39 is 5.97 Å². The Balaban J connectivity index is 1.37. The van der Waals surface area contributed by atoms with Crippen molar-refractivity contribution in [2.24, 2.45) is 0 Å². The van der Waals surface area contributed by atoms with Crippen LogP contribution >= 0.6 is 23.5 Å². The number of benzene rings is 4. The van der Waals surface area contributed by atoms with Gasteiger partial charge in [0.1, 0.15) is 0 Å². The van der Waals surface area contributed by atoms with Crippen molar-refractivity contribution in [1.29, 1.82) is 0 Å². The molecule has 0 radical (unpaired) electrons. The first-order chi connectivity index (χ1) is 18.0. The van der Waals surface area contributed by atoms with Gasteiger partial charge < -0.3 is 5.11 Å². The van der Waals surface area contributed by atoms with E-state index in [1.807, 2.05) is 23.9 Å². The smallest absolute Gasteiger partial charge is 0.303 e. The van der Waals surface area contributed by atoms with Gasteiger partial charge in [0.25, 0.3) is 0 Å². The minimum atomic E-state index is -0.759. The Morgan fingerprint density at radius 1 is 0.632 bits per heavy atom. The summed E-state index contributed by atoms with van der Waals surface area (Å²) in [5.74, 6) is -0.759. The number of carboxylic acid groups (broad SMARTS) is 1. The van der Waals surface area contributed by atoms with Gasteiger partial charge in [0.2, 0.25) is 0 Å². The highest BCUT2D eigenvalue weighted by molar-refractivity contribution is 8.00. The third-order valence-corrected chi connectivity index (χ3v) is 8.92. The molecule has 0 heterocycles. The number of aliphatic carboxylic acids is 1. The van der Waals surface area contributed by atoms with Crippen molar-refractivity contribution < 1.29 is 9.90 Å². The van der Waals surface area contributed by atoms with Crippen LogP contribution in [0.1, 0.15) is 57.7 Å². The van der Waals surface area contributed by atoms with Crippen molar-refractivity contribution in [1.82, 2.24) is 0 Å². The molecule has 0 amide bonds. The second-order valence-electron chi connectivity index (χ2n) is 11.1. The van der Waals surface area contributed by atoms with Crippen LogP contribution in [0, 0.1) is 0 Å². The van der Waals surface area contributed by atoms with Crippen molar-refractivity contribution >= 4 is 29.5 Å². The highest BCUT2D eigenvalue weighted by Gasteiger charge is 2.22. The van der Waals surface area contributed by atoms with Crippen molar-refractivity contribution in [2.45, 2.75) is 72.3 Å². The quantitative estimate of drug-likeness (QED) is 0.214. The van der Waals surface area contributed by atoms with Gasteiger partial charge in [0, 0.05) is 25.9 Å². The first kappa shape index (κ1) is 28.1. The second-order valence-corrected chi connectivity index (χ2v) is 14.0. The van der Waals surface area contributed by atoms with Gasteiger partial charge in [-0.15, -0.1) is 11.8 Å². The van der Waals surface area contributed by atoms with Crippen LogP contribution < -0.4 is 0 Å². The van der Waals surface area contributed by atoms with Crippen LogP contribution in [0.3, 0.4) is 0 Å². The molecule has 0 bridgehead atoms. The molecule has 196 valence electrons. The van der Waals surface area contributed by atoms with E-state index in [4.69, 9.17) is 5.11 Å². The Morgan fingerprint density at radius 3 is 1.55 bits per heavy atom. The Labute approximate surface area is 235 Å². The van der Waals surface area contributed by atoms with E-state index in [9.17, 15) is 4.79 Å². The van der Waals surface area contributed by atoms with Gasteiger partial charge in [-0.3, -0.25) is 4.79 Å². The number of rotatable bonds is 9. The van der Waals surface area contributed by atoms with Gasteiger partial charge in [-0.05, 0) is 89.9 Å². The summed E-state index contributed by atoms with van der Waals surface area (Å²) in [5, 5.41) is 8.91. The number of carboxylic acids is 1. The second kappa shape index (κ2) is 11.8. The summed E-state index contributed by atoms with van der Waals surface area (Å²) in [6, 6.07) is 34.8. The Kier molecular flexibility index (Phi) is 8.74. The summed E-state index contributed by atoms with van der Waals surface area (Å²) >= 11 is 3.63. The maximum absolute atomic E-state index is 10.8. The standard InChI is InChI=1S/C34H36O2S2/c1-33(2,3)27-15-21-30(22-16-27)37-29-17-9-25(10-18-29)26-11-19-31(20-12-26)38-34(4,5)28-13-6-24(7-14-28)8-23-32(35)36/h6-7,9-22H,8,23H2,1-5H3,(H,35,36). The van der Waals surface area contributed by atoms with E-state index in [1.54, 1.807) is 11.8 Å². The maximum atomic E-state index is 10.8. The minimum Gasteiger partial charge on any atom is -0.481 e. The van der Waals surface area contributed by atoms with E-state index in [-0.39, 0.29) is 16.6 Å². The van der Waals surface area contributed by atoms with E-state index in [2.05, 4.69) is 120 Å². The molecule has 38 heavy (non-hydrogen) atoms. The lowest BCUT2D eigenvalue weighted by atomic mass is 9.87. The lowest BCUT2D eigenvalue weighted by Gasteiger charge is -2.25. The van der Waals surface area contributed by atoms with Crippen molar-refractivity contribution in [3.05, 3.63) is 114 Å². The highest BCUT2D eigenvalue weighted by Crippen LogP contribution is 2.41. The average Bonchev–Trinajstić information content (AvgIpc) is 2.88. The predicted molar refractivity (Wildman–Crippen MR) is 162 cm³/mol. The Hall–Kier alpha value is -2.95. The van der Waals surface area contributed by atoms with Crippen LogP contribution in [-0.4, -0.2) is 11.1 Å². The normalized spacial score (nSPS) is 11.9. The highest BCUT2D eigenvalue weighted by atomic mass is 32.2. The fourth-order valence-electron chi connectivity index (χ4n) is 4.27. The van der Waals surface area contributed by atoms with E-state index >= 15 is 0 Å². The molecule has 0 saturated heterocycles. The van der Waals surface area contributed by atoms with Crippen LogP contribution in [0.25, 0.3) is 11.1 Å². The number of hydrogen-bond donors (Lipinski definition) is 1. The van der Waals surface area contributed by atoms with E-state index in [0.29, 0.717) is 6.42 Å². The molecule has 2 nitrogen and oxygen atoms in total. The largest absolute Gasteiger partial charge is 0.481 e. The summed E-state index contributed by atoms with van der Waals surface area (Å²) in [4.78, 5) is 14.5. The summed E-state index contributed by atoms with van der Waals surface area (Å²) in [7, 11) is 0. The molecule has 4 aromatic rings. The molecule has 4 heteroatoms. The monoisotopic (exact) mass is 540 g/mol. The SMILES string of the molecule is CC(C)(C)c1ccc(Sc2ccc(-c3ccc(SC(C)(C)c4ccc(CCC(=O)O)cc4)cc3)cc2)cc1. The molecule has 0 aromatic heterocycles. The van der Waals surface area contributed by atoms with Crippen LogP contribution in [0.15, 0.2) is 112 Å². The Morgan fingerprint density at radius 2 is 1.08 bits per heavy atom. The minimum absolute atomic E-state index is 0.100. The van der Waals surface area contributed by atoms with Crippen molar-refractivity contribution in [2.75, 3.05) is 0 Å². The molecule has 0 unspecified atom stereocenters. The molecule has 1 N–H and O–H groups in total. The first-order valence-corrected chi connectivity index (χ1v) is 14.6. The van der Waals surface area contributed by atoms with Crippen LogP contribution in [-0.2, 0) is 21.4 Å². The van der Waals surface area contributed by atoms with Gasteiger partial charge in [0.05, 0.1) is 0 Å². The summed E-state index contributed by atoms with van der Waals surface area (Å²) in [6.45, 7) is 11.2. The number of hydrogen-bond acceptors (Lipinski definition) is 3. The van der Waals surface area contributed by atoms with Crippen LogP contribution in [0.4, 0.5) is 0 Å². The zero-order valence-corrected chi connectivity index (χ0v) is 24.5. The lowest BCUT2D eigenvalue weighted by Crippen LogP contribution is -2.11. The summed E-state index contributed by atoms with van der Waals surface area (Å²) in [6.07, 6.45) is 0.728. The molecule has 4 rings (SSSR count). The molecule has 0 aliphatic carbocycles. The van der Waals surface area contributed by atoms with Gasteiger partial charge in [-0.2, -0.15) is 0 Å². The predicted octanol–water partition coefficient (Wildman–Crippen LogP) is 9.85. The van der Waals surface area contributed by atoms with Crippen molar-refractivity contribution in [3.63, 3.8) is 0 Å². The number of thioether (sulfide) groups is 1. The van der Waals surface area contributed by atoms with Gasteiger partial charge in [-0.25, -0.2) is 0 Å². The number of aryl methyl sites for hydroxylation is 1. The third kappa shape index (κ3) is 7.55.